The molecule has 3 nitrogen and oxygen atoms in total. The number of hydrogen-bond acceptors (Lipinski definition) is 2. The van der Waals surface area contributed by atoms with E-state index in [2.05, 4.69) is 10.6 Å². The van der Waals surface area contributed by atoms with E-state index in [-0.39, 0.29) is 17.9 Å². The predicted octanol–water partition coefficient (Wildman–Crippen LogP) is 2.52. The molecule has 4 heteroatoms. The molecule has 1 fully saturated rings. The standard InChI is InChI=1S/C14H19ClN2O/c1-10(12-3-2-4-13(15)9-12)17-14(18)11-5-7-16-8-6-11/h2-4,9-11,16H,5-8H2,1H3,(H,17,18)/t10-/m0/s1. The van der Waals surface area contributed by atoms with Crippen LogP contribution in [-0.4, -0.2) is 19.0 Å². The Morgan fingerprint density at radius 1 is 1.44 bits per heavy atom. The first-order valence-electron chi connectivity index (χ1n) is 6.43. The van der Waals surface area contributed by atoms with Crippen LogP contribution in [0.2, 0.25) is 5.02 Å². The molecule has 1 aromatic rings. The molecule has 0 spiro atoms. The van der Waals surface area contributed by atoms with Gasteiger partial charge in [0.05, 0.1) is 6.04 Å². The molecule has 2 N–H and O–H groups in total. The number of nitrogens with one attached hydrogen (secondary N) is 2. The molecule has 0 radical (unpaired) electrons. The van der Waals surface area contributed by atoms with Crippen molar-refractivity contribution in [2.24, 2.45) is 5.92 Å². The molecule has 1 saturated heterocycles. The van der Waals surface area contributed by atoms with Gasteiger partial charge in [0.1, 0.15) is 0 Å². The Bertz CT molecular complexity index is 416. The molecule has 0 aliphatic carbocycles. The van der Waals surface area contributed by atoms with Crippen molar-refractivity contribution in [1.82, 2.24) is 10.6 Å². The highest BCUT2D eigenvalue weighted by Gasteiger charge is 2.22. The topological polar surface area (TPSA) is 41.1 Å². The molecule has 1 aromatic carbocycles. The lowest BCUT2D eigenvalue weighted by atomic mass is 9.96. The molecule has 98 valence electrons. The Labute approximate surface area is 113 Å². The Kier molecular flexibility index (Phi) is 4.61. The quantitative estimate of drug-likeness (QED) is 0.883. The molecule has 0 saturated carbocycles. The van der Waals surface area contributed by atoms with Crippen molar-refractivity contribution in [1.29, 1.82) is 0 Å². The van der Waals surface area contributed by atoms with Gasteiger partial charge in [-0.05, 0) is 50.6 Å². The van der Waals surface area contributed by atoms with Gasteiger partial charge in [-0.1, -0.05) is 23.7 Å². The first-order chi connectivity index (χ1) is 8.66. The number of carbonyl (C=O) groups excluding carboxylic acids is 1. The number of amides is 1. The van der Waals surface area contributed by atoms with E-state index in [4.69, 9.17) is 11.6 Å². The molecule has 0 unspecified atom stereocenters. The van der Waals surface area contributed by atoms with E-state index < -0.39 is 0 Å². The average Bonchev–Trinajstić information content (AvgIpc) is 2.39. The van der Waals surface area contributed by atoms with E-state index in [9.17, 15) is 4.79 Å². The first-order valence-corrected chi connectivity index (χ1v) is 6.81. The summed E-state index contributed by atoms with van der Waals surface area (Å²) in [4.78, 5) is 12.1. The van der Waals surface area contributed by atoms with E-state index in [0.717, 1.165) is 31.5 Å². The molecule has 1 atom stereocenters. The van der Waals surface area contributed by atoms with Gasteiger partial charge in [-0.25, -0.2) is 0 Å². The summed E-state index contributed by atoms with van der Waals surface area (Å²) in [5.74, 6) is 0.303. The Hall–Kier alpha value is -1.06. The highest BCUT2D eigenvalue weighted by molar-refractivity contribution is 6.30. The number of carbonyl (C=O) groups is 1. The minimum Gasteiger partial charge on any atom is -0.349 e. The van der Waals surface area contributed by atoms with E-state index >= 15 is 0 Å². The lowest BCUT2D eigenvalue weighted by Gasteiger charge is -2.24. The fraction of sp³-hybridized carbons (Fsp3) is 0.500. The molecule has 2 rings (SSSR count). The minimum atomic E-state index is 0.00563. The molecule has 1 amide bonds. The van der Waals surface area contributed by atoms with Gasteiger partial charge in [-0.2, -0.15) is 0 Å². The van der Waals surface area contributed by atoms with Gasteiger partial charge < -0.3 is 10.6 Å². The summed E-state index contributed by atoms with van der Waals surface area (Å²) in [6.07, 6.45) is 1.85. The van der Waals surface area contributed by atoms with Crippen molar-refractivity contribution < 1.29 is 4.79 Å². The van der Waals surface area contributed by atoms with Crippen LogP contribution in [0.3, 0.4) is 0 Å². The molecular weight excluding hydrogens is 248 g/mol. The van der Waals surface area contributed by atoms with Gasteiger partial charge in [0.15, 0.2) is 0 Å². The molecule has 0 bridgehead atoms. The van der Waals surface area contributed by atoms with Crippen LogP contribution >= 0.6 is 11.6 Å². The minimum absolute atomic E-state index is 0.00563. The van der Waals surface area contributed by atoms with Crippen LogP contribution in [0, 0.1) is 5.92 Å². The number of benzene rings is 1. The highest BCUT2D eigenvalue weighted by atomic mass is 35.5. The maximum absolute atomic E-state index is 12.1. The van der Waals surface area contributed by atoms with Gasteiger partial charge in [-0.15, -0.1) is 0 Å². The summed E-state index contributed by atoms with van der Waals surface area (Å²) in [6.45, 7) is 3.86. The molecule has 1 heterocycles. The maximum Gasteiger partial charge on any atom is 0.223 e. The Morgan fingerprint density at radius 2 is 2.17 bits per heavy atom. The largest absolute Gasteiger partial charge is 0.349 e. The van der Waals surface area contributed by atoms with E-state index in [1.165, 1.54) is 0 Å². The molecule has 18 heavy (non-hydrogen) atoms. The number of hydrogen-bond donors (Lipinski definition) is 2. The highest BCUT2D eigenvalue weighted by Crippen LogP contribution is 2.19. The second kappa shape index (κ2) is 6.21. The van der Waals surface area contributed by atoms with Gasteiger partial charge in [-0.3, -0.25) is 4.79 Å². The third-order valence-electron chi connectivity index (χ3n) is 3.42. The molecule has 0 aromatic heterocycles. The summed E-state index contributed by atoms with van der Waals surface area (Å²) >= 11 is 5.95. The molecular formula is C14H19ClN2O. The van der Waals surface area contributed by atoms with Gasteiger partial charge >= 0.3 is 0 Å². The fourth-order valence-electron chi connectivity index (χ4n) is 2.27. The summed E-state index contributed by atoms with van der Waals surface area (Å²) in [5.41, 5.74) is 1.05. The smallest absolute Gasteiger partial charge is 0.223 e. The van der Waals surface area contributed by atoms with Crippen LogP contribution in [0.1, 0.15) is 31.4 Å². The number of piperidine rings is 1. The van der Waals surface area contributed by atoms with Crippen molar-refractivity contribution in [3.05, 3.63) is 34.9 Å². The zero-order valence-electron chi connectivity index (χ0n) is 10.6. The van der Waals surface area contributed by atoms with Gasteiger partial charge in [0.25, 0.3) is 0 Å². The average molecular weight is 267 g/mol. The van der Waals surface area contributed by atoms with Crippen molar-refractivity contribution in [2.45, 2.75) is 25.8 Å². The third-order valence-corrected chi connectivity index (χ3v) is 3.65. The Morgan fingerprint density at radius 3 is 2.83 bits per heavy atom. The first kappa shape index (κ1) is 13.4. The second-order valence-corrected chi connectivity index (χ2v) is 5.25. The summed E-state index contributed by atoms with van der Waals surface area (Å²) in [5, 5.41) is 7.04. The number of halogens is 1. The summed E-state index contributed by atoms with van der Waals surface area (Å²) in [7, 11) is 0. The Balaban J connectivity index is 1.94. The SMILES string of the molecule is C[C@H](NC(=O)C1CCNCC1)c1cccc(Cl)c1. The normalized spacial score (nSPS) is 18.3. The van der Waals surface area contributed by atoms with Crippen molar-refractivity contribution in [3.8, 4) is 0 Å². The fourth-order valence-corrected chi connectivity index (χ4v) is 2.47. The lowest BCUT2D eigenvalue weighted by Crippen LogP contribution is -2.39. The zero-order chi connectivity index (χ0) is 13.0. The van der Waals surface area contributed by atoms with Crippen molar-refractivity contribution in [3.63, 3.8) is 0 Å². The summed E-state index contributed by atoms with van der Waals surface area (Å²) in [6, 6.07) is 7.64. The van der Waals surface area contributed by atoms with E-state index in [0.29, 0.717) is 5.02 Å². The van der Waals surface area contributed by atoms with E-state index in [1.54, 1.807) is 0 Å². The van der Waals surface area contributed by atoms with Crippen LogP contribution in [-0.2, 0) is 4.79 Å². The predicted molar refractivity (Wildman–Crippen MR) is 73.6 cm³/mol. The third kappa shape index (κ3) is 3.47. The van der Waals surface area contributed by atoms with Crippen molar-refractivity contribution >= 4 is 17.5 Å². The van der Waals surface area contributed by atoms with Crippen LogP contribution in [0.4, 0.5) is 0 Å². The van der Waals surface area contributed by atoms with Gasteiger partial charge in [0.2, 0.25) is 5.91 Å². The monoisotopic (exact) mass is 266 g/mol. The van der Waals surface area contributed by atoms with Crippen LogP contribution < -0.4 is 10.6 Å². The van der Waals surface area contributed by atoms with Gasteiger partial charge in [0, 0.05) is 10.9 Å². The molecule has 1 aliphatic heterocycles. The molecule has 1 aliphatic rings. The van der Waals surface area contributed by atoms with Crippen LogP contribution in [0.25, 0.3) is 0 Å². The van der Waals surface area contributed by atoms with E-state index in [1.807, 2.05) is 31.2 Å². The lowest BCUT2D eigenvalue weighted by molar-refractivity contribution is -0.126. The summed E-state index contributed by atoms with van der Waals surface area (Å²) < 4.78 is 0. The van der Waals surface area contributed by atoms with Crippen molar-refractivity contribution in [2.75, 3.05) is 13.1 Å². The maximum atomic E-state index is 12.1. The van der Waals surface area contributed by atoms with Crippen LogP contribution in [0.15, 0.2) is 24.3 Å². The van der Waals surface area contributed by atoms with Crippen LogP contribution in [0.5, 0.6) is 0 Å². The number of rotatable bonds is 3. The second-order valence-electron chi connectivity index (χ2n) is 4.81. The zero-order valence-corrected chi connectivity index (χ0v) is 11.3.